The van der Waals surface area contributed by atoms with Gasteiger partial charge >= 0.3 is 5.97 Å². The van der Waals surface area contributed by atoms with E-state index in [1.807, 2.05) is 0 Å². The lowest BCUT2D eigenvalue weighted by molar-refractivity contribution is 0.0376. The predicted molar refractivity (Wildman–Crippen MR) is 141 cm³/mol. The van der Waals surface area contributed by atoms with Crippen LogP contribution in [0.15, 0.2) is 54.6 Å². The first-order valence-electron chi connectivity index (χ1n) is 12.0. The van der Waals surface area contributed by atoms with Gasteiger partial charge in [0.2, 0.25) is 0 Å². The zero-order chi connectivity index (χ0) is 26.3. The number of aliphatic hydroxyl groups is 1. The van der Waals surface area contributed by atoms with Crippen LogP contribution in [0.5, 0.6) is 0 Å². The van der Waals surface area contributed by atoms with Crippen molar-refractivity contribution in [1.29, 1.82) is 0 Å². The minimum Gasteiger partial charge on any atom is -0.478 e. The smallest absolute Gasteiger partial charge is 0.336 e. The third-order valence-corrected chi connectivity index (χ3v) is 7.74. The molecule has 0 bridgehead atoms. The summed E-state index contributed by atoms with van der Waals surface area (Å²) in [6.07, 6.45) is -0.764. The van der Waals surface area contributed by atoms with Gasteiger partial charge in [-0.2, -0.15) is 0 Å². The van der Waals surface area contributed by atoms with Gasteiger partial charge in [-0.1, -0.05) is 35.3 Å². The number of carboxylic acids is 1. The number of rotatable bonds is 4. The number of β-amino-alcohol motifs (C(OH)–C–C–N with tert-alkyl or cyclic N) is 1. The van der Waals surface area contributed by atoms with E-state index in [0.717, 1.165) is 0 Å². The summed E-state index contributed by atoms with van der Waals surface area (Å²) in [5.41, 5.74) is 0.816. The van der Waals surface area contributed by atoms with Crippen molar-refractivity contribution >= 4 is 51.8 Å². The molecule has 2 saturated heterocycles. The maximum Gasteiger partial charge on any atom is 0.336 e. The Kier molecular flexibility index (Phi) is 7.09. The van der Waals surface area contributed by atoms with Crippen LogP contribution in [0.25, 0.3) is 10.8 Å². The fourth-order valence-electron chi connectivity index (χ4n) is 5.22. The van der Waals surface area contributed by atoms with E-state index in [1.54, 1.807) is 58.3 Å². The molecule has 10 heteroatoms. The second-order valence-electron chi connectivity index (χ2n) is 9.31. The van der Waals surface area contributed by atoms with Crippen LogP contribution >= 0.6 is 23.2 Å². The second-order valence-corrected chi connectivity index (χ2v) is 10.2. The number of hydrogen-bond donors (Lipinski definition) is 2. The topological polar surface area (TPSA) is 101 Å². The molecule has 0 saturated carbocycles. The first kappa shape index (κ1) is 25.5. The molecule has 2 heterocycles. The highest BCUT2D eigenvalue weighted by atomic mass is 35.5. The van der Waals surface area contributed by atoms with Crippen molar-refractivity contribution in [1.82, 2.24) is 14.7 Å². The minimum absolute atomic E-state index is 0.00104. The molecule has 2 N–H and O–H groups in total. The van der Waals surface area contributed by atoms with Gasteiger partial charge in [0.05, 0.1) is 17.7 Å². The predicted octanol–water partition coefficient (Wildman–Crippen LogP) is 3.49. The number of carboxylic acid groups (broad SMARTS) is 1. The summed E-state index contributed by atoms with van der Waals surface area (Å²) < 4.78 is 0. The van der Waals surface area contributed by atoms with E-state index in [1.165, 1.54) is 6.07 Å². The van der Waals surface area contributed by atoms with Gasteiger partial charge in [0.15, 0.2) is 0 Å². The Labute approximate surface area is 223 Å². The molecule has 3 aromatic carbocycles. The molecule has 2 aliphatic heterocycles. The third kappa shape index (κ3) is 4.90. The largest absolute Gasteiger partial charge is 0.478 e. The molecule has 2 fully saturated rings. The van der Waals surface area contributed by atoms with Gasteiger partial charge in [-0.15, -0.1) is 0 Å². The molecule has 5 rings (SSSR count). The zero-order valence-electron chi connectivity index (χ0n) is 19.8. The van der Waals surface area contributed by atoms with Crippen LogP contribution in [0.1, 0.15) is 31.1 Å². The van der Waals surface area contributed by atoms with Crippen LogP contribution in [-0.2, 0) is 0 Å². The van der Waals surface area contributed by atoms with Gasteiger partial charge in [0.25, 0.3) is 11.8 Å². The van der Waals surface area contributed by atoms with E-state index in [-0.39, 0.29) is 35.5 Å². The SMILES string of the molecule is O=C(O)c1cccc2c(Cl)ccc(C(=O)N3C[C@H](O)[C@@H](N4CCN(C(=O)c5ccc(Cl)cc5)CC4)C3)c12. The first-order valence-corrected chi connectivity index (χ1v) is 12.7. The summed E-state index contributed by atoms with van der Waals surface area (Å²) in [5, 5.41) is 22.3. The molecule has 3 aromatic rings. The molecule has 0 aromatic heterocycles. The molecule has 37 heavy (non-hydrogen) atoms. The number of likely N-dealkylation sites (tertiary alicyclic amines) is 1. The van der Waals surface area contributed by atoms with Crippen molar-refractivity contribution in [3.05, 3.63) is 81.3 Å². The number of benzene rings is 3. The summed E-state index contributed by atoms with van der Waals surface area (Å²) in [6.45, 7) is 2.56. The number of halogens is 2. The zero-order valence-corrected chi connectivity index (χ0v) is 21.3. The lowest BCUT2D eigenvalue weighted by Crippen LogP contribution is -2.54. The van der Waals surface area contributed by atoms with Crippen molar-refractivity contribution in [2.75, 3.05) is 39.3 Å². The number of fused-ring (bicyclic) bond motifs is 1. The molecule has 8 nitrogen and oxygen atoms in total. The molecule has 2 amide bonds. The normalized spacial score (nSPS) is 20.4. The second kappa shape index (κ2) is 10.3. The summed E-state index contributed by atoms with van der Waals surface area (Å²) in [4.78, 5) is 43.7. The lowest BCUT2D eigenvalue weighted by atomic mass is 9.98. The van der Waals surface area contributed by atoms with Gasteiger partial charge < -0.3 is 20.0 Å². The van der Waals surface area contributed by atoms with E-state index >= 15 is 0 Å². The van der Waals surface area contributed by atoms with Crippen LogP contribution in [0.4, 0.5) is 0 Å². The molecule has 0 aliphatic carbocycles. The van der Waals surface area contributed by atoms with Crippen molar-refractivity contribution < 1.29 is 24.6 Å². The Morgan fingerprint density at radius 2 is 1.49 bits per heavy atom. The summed E-state index contributed by atoms with van der Waals surface area (Å²) >= 11 is 12.2. The monoisotopic (exact) mass is 541 g/mol. The van der Waals surface area contributed by atoms with Gasteiger partial charge in [-0.25, -0.2) is 4.79 Å². The fraction of sp³-hybridized carbons (Fsp3) is 0.296. The Hall–Kier alpha value is -3.17. The van der Waals surface area contributed by atoms with Gasteiger partial charge in [0.1, 0.15) is 0 Å². The number of amides is 2. The highest BCUT2D eigenvalue weighted by Gasteiger charge is 2.40. The van der Waals surface area contributed by atoms with Crippen molar-refractivity contribution in [2.45, 2.75) is 12.1 Å². The average molecular weight is 542 g/mol. The average Bonchev–Trinajstić information content (AvgIpc) is 3.30. The number of nitrogens with zero attached hydrogens (tertiary/aromatic N) is 3. The third-order valence-electron chi connectivity index (χ3n) is 7.16. The van der Waals surface area contributed by atoms with Crippen LogP contribution in [-0.4, -0.2) is 94.1 Å². The molecule has 2 atom stereocenters. The van der Waals surface area contributed by atoms with Crippen molar-refractivity contribution in [3.8, 4) is 0 Å². The van der Waals surface area contributed by atoms with E-state index in [2.05, 4.69) is 4.90 Å². The molecule has 0 spiro atoms. The summed E-state index contributed by atoms with van der Waals surface area (Å²) in [7, 11) is 0. The Balaban J connectivity index is 1.29. The van der Waals surface area contributed by atoms with Gasteiger partial charge in [-0.05, 0) is 42.5 Å². The quantitative estimate of drug-likeness (QED) is 0.524. The first-order chi connectivity index (χ1) is 17.7. The van der Waals surface area contributed by atoms with E-state index < -0.39 is 12.1 Å². The number of aromatic carboxylic acids is 1. The highest BCUT2D eigenvalue weighted by molar-refractivity contribution is 6.36. The maximum absolute atomic E-state index is 13.5. The molecule has 192 valence electrons. The highest BCUT2D eigenvalue weighted by Crippen LogP contribution is 2.31. The minimum atomic E-state index is -1.15. The lowest BCUT2D eigenvalue weighted by Gasteiger charge is -2.38. The summed E-state index contributed by atoms with van der Waals surface area (Å²) in [6, 6.07) is 14.4. The van der Waals surface area contributed by atoms with Crippen LogP contribution in [0.2, 0.25) is 10.0 Å². The van der Waals surface area contributed by atoms with E-state index in [4.69, 9.17) is 23.2 Å². The molecule has 0 unspecified atom stereocenters. The van der Waals surface area contributed by atoms with Crippen LogP contribution < -0.4 is 0 Å². The molecule has 0 radical (unpaired) electrons. The van der Waals surface area contributed by atoms with Crippen LogP contribution in [0, 0.1) is 0 Å². The Morgan fingerprint density at radius 1 is 0.784 bits per heavy atom. The molecule has 2 aliphatic rings. The maximum atomic E-state index is 13.5. The number of carbonyl (C=O) groups is 3. The van der Waals surface area contributed by atoms with E-state index in [9.17, 15) is 24.6 Å². The van der Waals surface area contributed by atoms with Crippen LogP contribution in [0.3, 0.4) is 0 Å². The number of carbonyl (C=O) groups excluding carboxylic acids is 2. The van der Waals surface area contributed by atoms with Crippen molar-refractivity contribution in [2.24, 2.45) is 0 Å². The number of piperazine rings is 1. The fourth-order valence-corrected chi connectivity index (χ4v) is 5.57. The number of hydrogen-bond acceptors (Lipinski definition) is 5. The Morgan fingerprint density at radius 3 is 2.16 bits per heavy atom. The number of aliphatic hydroxyl groups excluding tert-OH is 1. The van der Waals surface area contributed by atoms with Crippen molar-refractivity contribution in [3.63, 3.8) is 0 Å². The van der Waals surface area contributed by atoms with E-state index in [0.29, 0.717) is 59.1 Å². The Bertz CT molecular complexity index is 1370. The molecular weight excluding hydrogens is 517 g/mol. The summed E-state index contributed by atoms with van der Waals surface area (Å²) in [5.74, 6) is -1.57. The standard InChI is InChI=1S/C27H25Cl2N3O5/c28-17-6-4-16(5-7-17)25(34)31-12-10-30(11-13-31)22-14-32(15-23(22)33)26(35)19-8-9-21(29)18-2-1-3-20(24(18)19)27(36)37/h1-9,22-23,33H,10-15H2,(H,36,37)/t22-,23-/m0/s1. The molecular formula is C27H25Cl2N3O5. The van der Waals surface area contributed by atoms with Gasteiger partial charge in [0, 0.05) is 71.2 Å². The van der Waals surface area contributed by atoms with Gasteiger partial charge in [-0.3, -0.25) is 14.5 Å².